The molecule has 9 heteroatoms. The first-order chi connectivity index (χ1) is 12.5. The molecule has 0 aromatic heterocycles. The predicted octanol–water partition coefficient (Wildman–Crippen LogP) is 3.75. The molecule has 0 amide bonds. The van der Waals surface area contributed by atoms with E-state index in [1.165, 1.54) is 12.1 Å². The van der Waals surface area contributed by atoms with Crippen LogP contribution in [0.4, 0.5) is 5.69 Å². The second-order valence-corrected chi connectivity index (χ2v) is 6.39. The molecule has 0 aliphatic heterocycles. The molecule has 0 heterocycles. The van der Waals surface area contributed by atoms with Gasteiger partial charge in [-0.3, -0.25) is 15.5 Å². The molecule has 0 atom stereocenters. The third-order valence-corrected chi connectivity index (χ3v) is 4.07. The van der Waals surface area contributed by atoms with Gasteiger partial charge >= 0.3 is 0 Å². The second kappa shape index (κ2) is 9.83. The fourth-order valence-corrected chi connectivity index (χ4v) is 2.66. The maximum Gasteiger partial charge on any atom is 0.269 e. The van der Waals surface area contributed by atoms with Crippen molar-refractivity contribution in [2.45, 2.75) is 13.5 Å². The molecule has 0 bridgehead atoms. The number of halogens is 1. The number of nitrogens with one attached hydrogen (secondary N) is 2. The van der Waals surface area contributed by atoms with Crippen LogP contribution in [0.3, 0.4) is 0 Å². The molecule has 0 unspecified atom stereocenters. The lowest BCUT2D eigenvalue weighted by molar-refractivity contribution is -0.384. The van der Waals surface area contributed by atoms with E-state index in [0.717, 1.165) is 22.1 Å². The highest BCUT2D eigenvalue weighted by molar-refractivity contribution is 9.10. The van der Waals surface area contributed by atoms with Crippen molar-refractivity contribution in [1.29, 1.82) is 0 Å². The summed E-state index contributed by atoms with van der Waals surface area (Å²) in [5.41, 5.74) is 4.49. The van der Waals surface area contributed by atoms with E-state index in [4.69, 9.17) is 17.0 Å². The third kappa shape index (κ3) is 6.08. The zero-order valence-electron chi connectivity index (χ0n) is 13.9. The molecular weight excluding hydrogens is 420 g/mol. The standard InChI is InChI=1S/C17H17BrN4O3S/c1-2-19-17(26)21-20-10-13-5-8-16(15(18)9-13)25-11-12-3-6-14(7-4-12)22(23)24/h3-10H,2,11H2,1H3,(H2,19,21,26)/b20-10-. The van der Waals surface area contributed by atoms with Crippen LogP contribution in [-0.4, -0.2) is 22.8 Å². The fourth-order valence-electron chi connectivity index (χ4n) is 1.95. The Morgan fingerprint density at radius 3 is 2.69 bits per heavy atom. The lowest BCUT2D eigenvalue weighted by Gasteiger charge is -2.09. The van der Waals surface area contributed by atoms with E-state index in [1.54, 1.807) is 18.3 Å². The van der Waals surface area contributed by atoms with Crippen LogP contribution in [0.2, 0.25) is 0 Å². The summed E-state index contributed by atoms with van der Waals surface area (Å²) in [7, 11) is 0. The molecule has 26 heavy (non-hydrogen) atoms. The molecular formula is C17H17BrN4O3S. The monoisotopic (exact) mass is 436 g/mol. The first kappa shape index (κ1) is 19.8. The Bertz CT molecular complexity index is 812. The van der Waals surface area contributed by atoms with Gasteiger partial charge in [0.2, 0.25) is 0 Å². The molecule has 2 aromatic carbocycles. The van der Waals surface area contributed by atoms with Crippen LogP contribution in [0.1, 0.15) is 18.1 Å². The Hall–Kier alpha value is -2.52. The average molecular weight is 437 g/mol. The van der Waals surface area contributed by atoms with Gasteiger partial charge < -0.3 is 10.1 Å². The number of hydrogen-bond donors (Lipinski definition) is 2. The topological polar surface area (TPSA) is 88.8 Å². The Morgan fingerprint density at radius 2 is 2.08 bits per heavy atom. The third-order valence-electron chi connectivity index (χ3n) is 3.21. The van der Waals surface area contributed by atoms with E-state index in [0.29, 0.717) is 17.5 Å². The fraction of sp³-hybridized carbons (Fsp3) is 0.176. The number of hydrazone groups is 1. The zero-order valence-corrected chi connectivity index (χ0v) is 16.3. The normalized spacial score (nSPS) is 10.5. The Labute approximate surface area is 164 Å². The van der Waals surface area contributed by atoms with Crippen LogP contribution < -0.4 is 15.5 Å². The van der Waals surface area contributed by atoms with Gasteiger partial charge in [0.15, 0.2) is 5.11 Å². The van der Waals surface area contributed by atoms with Gasteiger partial charge in [0, 0.05) is 18.7 Å². The smallest absolute Gasteiger partial charge is 0.269 e. The molecule has 0 saturated heterocycles. The van der Waals surface area contributed by atoms with Gasteiger partial charge in [-0.1, -0.05) is 0 Å². The molecule has 0 aliphatic carbocycles. The molecule has 0 saturated carbocycles. The van der Waals surface area contributed by atoms with Crippen molar-refractivity contribution in [2.75, 3.05) is 6.54 Å². The number of ether oxygens (including phenoxy) is 1. The minimum absolute atomic E-state index is 0.0563. The molecule has 0 aliphatic rings. The number of nitro benzene ring substituents is 1. The van der Waals surface area contributed by atoms with Gasteiger partial charge in [0.05, 0.1) is 15.6 Å². The first-order valence-electron chi connectivity index (χ1n) is 7.72. The van der Waals surface area contributed by atoms with Crippen molar-refractivity contribution >= 4 is 45.2 Å². The van der Waals surface area contributed by atoms with Crippen molar-refractivity contribution in [3.05, 3.63) is 68.2 Å². The van der Waals surface area contributed by atoms with Crippen molar-refractivity contribution in [3.8, 4) is 5.75 Å². The Morgan fingerprint density at radius 1 is 1.35 bits per heavy atom. The van der Waals surface area contributed by atoms with E-state index < -0.39 is 4.92 Å². The van der Waals surface area contributed by atoms with Crippen LogP contribution >= 0.6 is 28.1 Å². The molecule has 136 valence electrons. The first-order valence-corrected chi connectivity index (χ1v) is 8.92. The minimum Gasteiger partial charge on any atom is -0.488 e. The summed E-state index contributed by atoms with van der Waals surface area (Å²) in [4.78, 5) is 10.2. The molecule has 7 nitrogen and oxygen atoms in total. The van der Waals surface area contributed by atoms with Crippen molar-refractivity contribution in [1.82, 2.24) is 10.7 Å². The van der Waals surface area contributed by atoms with Gasteiger partial charge in [0.1, 0.15) is 12.4 Å². The largest absolute Gasteiger partial charge is 0.488 e. The lowest BCUT2D eigenvalue weighted by atomic mass is 10.2. The Kier molecular flexibility index (Phi) is 7.49. The number of nitro groups is 1. The maximum atomic E-state index is 10.7. The SMILES string of the molecule is CCNC(=S)N/N=C\c1ccc(OCc2ccc([N+](=O)[O-])cc2)c(Br)c1. The van der Waals surface area contributed by atoms with Crippen molar-refractivity contribution < 1.29 is 9.66 Å². The average Bonchev–Trinajstić information content (AvgIpc) is 2.61. The number of hydrogen-bond acceptors (Lipinski definition) is 5. The summed E-state index contributed by atoms with van der Waals surface area (Å²) in [5, 5.41) is 18.1. The maximum absolute atomic E-state index is 10.7. The molecule has 0 spiro atoms. The summed E-state index contributed by atoms with van der Waals surface area (Å²) in [6.07, 6.45) is 1.65. The van der Waals surface area contributed by atoms with E-state index in [-0.39, 0.29) is 5.69 Å². The Balaban J connectivity index is 1.93. The van der Waals surface area contributed by atoms with E-state index in [2.05, 4.69) is 31.8 Å². The van der Waals surface area contributed by atoms with E-state index >= 15 is 0 Å². The number of benzene rings is 2. The summed E-state index contributed by atoms with van der Waals surface area (Å²) < 4.78 is 6.52. The molecule has 2 rings (SSSR count). The van der Waals surface area contributed by atoms with Crippen LogP contribution in [0.25, 0.3) is 0 Å². The number of thiocarbonyl (C=S) groups is 1. The van der Waals surface area contributed by atoms with Gasteiger partial charge in [-0.05, 0) is 76.5 Å². The number of non-ortho nitro benzene ring substituents is 1. The summed E-state index contributed by atoms with van der Waals surface area (Å²) >= 11 is 8.48. The second-order valence-electron chi connectivity index (χ2n) is 5.13. The van der Waals surface area contributed by atoms with Crippen LogP contribution in [-0.2, 0) is 6.61 Å². The van der Waals surface area contributed by atoms with Gasteiger partial charge in [0.25, 0.3) is 5.69 Å². The molecule has 0 fully saturated rings. The highest BCUT2D eigenvalue weighted by Gasteiger charge is 2.06. The highest BCUT2D eigenvalue weighted by atomic mass is 79.9. The quantitative estimate of drug-likeness (QED) is 0.297. The zero-order chi connectivity index (χ0) is 18.9. The molecule has 0 radical (unpaired) electrons. The summed E-state index contributed by atoms with van der Waals surface area (Å²) in [6, 6.07) is 11.8. The predicted molar refractivity (Wildman–Crippen MR) is 109 cm³/mol. The van der Waals surface area contributed by atoms with Crippen LogP contribution in [0.5, 0.6) is 5.75 Å². The summed E-state index contributed by atoms with van der Waals surface area (Å²) in [5.74, 6) is 0.664. The van der Waals surface area contributed by atoms with Crippen molar-refractivity contribution in [3.63, 3.8) is 0 Å². The molecule has 2 N–H and O–H groups in total. The van der Waals surface area contributed by atoms with Gasteiger partial charge in [-0.15, -0.1) is 0 Å². The summed E-state index contributed by atoms with van der Waals surface area (Å²) in [6.45, 7) is 2.99. The van der Waals surface area contributed by atoms with E-state index in [9.17, 15) is 10.1 Å². The minimum atomic E-state index is -0.429. The van der Waals surface area contributed by atoms with Crippen LogP contribution in [0.15, 0.2) is 52.0 Å². The number of rotatable bonds is 7. The highest BCUT2D eigenvalue weighted by Crippen LogP contribution is 2.26. The van der Waals surface area contributed by atoms with Crippen molar-refractivity contribution in [2.24, 2.45) is 5.10 Å². The van der Waals surface area contributed by atoms with Gasteiger partial charge in [-0.25, -0.2) is 0 Å². The number of nitrogens with zero attached hydrogens (tertiary/aromatic N) is 2. The lowest BCUT2D eigenvalue weighted by Crippen LogP contribution is -2.31. The van der Waals surface area contributed by atoms with Crippen LogP contribution in [0, 0.1) is 10.1 Å². The molecule has 2 aromatic rings. The van der Waals surface area contributed by atoms with Gasteiger partial charge in [-0.2, -0.15) is 5.10 Å². The van der Waals surface area contributed by atoms with E-state index in [1.807, 2.05) is 25.1 Å².